The smallest absolute Gasteiger partial charge is 0.225 e. The number of hydrogen-bond donors (Lipinski definition) is 1. The molecule has 1 saturated heterocycles. The highest BCUT2D eigenvalue weighted by Gasteiger charge is 2.24. The fraction of sp³-hybridized carbons (Fsp3) is 0.583. The van der Waals surface area contributed by atoms with Crippen molar-refractivity contribution in [2.45, 2.75) is 31.9 Å². The molecule has 2 aromatic rings. The number of aliphatic hydroxyl groups excluding tert-OH is 1. The van der Waals surface area contributed by atoms with E-state index in [1.165, 1.54) is 0 Å². The van der Waals surface area contributed by atoms with Gasteiger partial charge in [0.2, 0.25) is 5.28 Å². The molecule has 0 amide bonds. The van der Waals surface area contributed by atoms with Gasteiger partial charge in [-0.3, -0.25) is 4.57 Å². The van der Waals surface area contributed by atoms with Crippen molar-refractivity contribution in [2.24, 2.45) is 0 Å². The molecule has 1 aliphatic heterocycles. The van der Waals surface area contributed by atoms with Gasteiger partial charge in [-0.05, 0) is 30.9 Å². The summed E-state index contributed by atoms with van der Waals surface area (Å²) >= 11 is 12.0. The highest BCUT2D eigenvalue weighted by atomic mass is 35.5. The fourth-order valence-electron chi connectivity index (χ4n) is 2.47. The van der Waals surface area contributed by atoms with Crippen LogP contribution in [0, 0.1) is 0 Å². The van der Waals surface area contributed by atoms with E-state index in [4.69, 9.17) is 27.9 Å². The maximum absolute atomic E-state index is 9.20. The zero-order valence-electron chi connectivity index (χ0n) is 10.7. The summed E-state index contributed by atoms with van der Waals surface area (Å²) in [6.07, 6.45) is 3.27. The van der Waals surface area contributed by atoms with Crippen LogP contribution in [0.1, 0.15) is 31.3 Å². The highest BCUT2D eigenvalue weighted by Crippen LogP contribution is 2.30. The Bertz CT molecular complexity index is 625. The molecule has 1 N–H and O–H groups in total. The summed E-state index contributed by atoms with van der Waals surface area (Å²) < 4.78 is 7.67. The predicted octanol–water partition coefficient (Wildman–Crippen LogP) is 2.37. The van der Waals surface area contributed by atoms with Gasteiger partial charge in [-0.2, -0.15) is 4.98 Å². The molecule has 6 nitrogen and oxygen atoms in total. The minimum absolute atomic E-state index is 0.00514. The van der Waals surface area contributed by atoms with E-state index >= 15 is 0 Å². The molecule has 0 aliphatic carbocycles. The van der Waals surface area contributed by atoms with E-state index in [0.29, 0.717) is 30.0 Å². The molecule has 8 heteroatoms. The Morgan fingerprint density at radius 2 is 2.10 bits per heavy atom. The standard InChI is InChI=1S/C12H14Cl2N4O2/c13-10-9-11(17-12(14)16-10)18(7(15-9)4-5-19)8-3-1-2-6-20-8/h8,19H,1-6H2. The normalized spacial score (nSPS) is 19.6. The van der Waals surface area contributed by atoms with Gasteiger partial charge in [-0.15, -0.1) is 0 Å². The van der Waals surface area contributed by atoms with Gasteiger partial charge in [0.05, 0.1) is 6.61 Å². The van der Waals surface area contributed by atoms with Gasteiger partial charge in [0.15, 0.2) is 10.8 Å². The number of aliphatic hydroxyl groups is 1. The third-order valence-electron chi connectivity index (χ3n) is 3.32. The summed E-state index contributed by atoms with van der Waals surface area (Å²) in [5.41, 5.74) is 1.05. The van der Waals surface area contributed by atoms with Crippen LogP contribution in [0.15, 0.2) is 0 Å². The van der Waals surface area contributed by atoms with Crippen LogP contribution >= 0.6 is 23.2 Å². The van der Waals surface area contributed by atoms with Crippen LogP contribution in [0.25, 0.3) is 11.2 Å². The van der Waals surface area contributed by atoms with Crippen molar-refractivity contribution in [1.82, 2.24) is 19.5 Å². The van der Waals surface area contributed by atoms with Gasteiger partial charge in [0, 0.05) is 13.0 Å². The molecule has 1 unspecified atom stereocenters. The number of nitrogens with zero attached hydrogens (tertiary/aromatic N) is 4. The fourth-order valence-corrected chi connectivity index (χ4v) is 2.88. The number of hydrogen-bond acceptors (Lipinski definition) is 5. The number of ether oxygens (including phenoxy) is 1. The average Bonchev–Trinajstić information content (AvgIpc) is 2.79. The van der Waals surface area contributed by atoms with E-state index in [0.717, 1.165) is 19.3 Å². The average molecular weight is 317 g/mol. The molecule has 108 valence electrons. The van der Waals surface area contributed by atoms with Crippen LogP contribution in [-0.4, -0.2) is 37.8 Å². The maximum Gasteiger partial charge on any atom is 0.225 e. The Labute approximate surface area is 125 Å². The van der Waals surface area contributed by atoms with Crippen LogP contribution in [-0.2, 0) is 11.2 Å². The molecule has 3 heterocycles. The molecule has 2 aromatic heterocycles. The Balaban J connectivity index is 2.17. The number of imidazole rings is 1. The van der Waals surface area contributed by atoms with Crippen molar-refractivity contribution < 1.29 is 9.84 Å². The molecule has 20 heavy (non-hydrogen) atoms. The highest BCUT2D eigenvalue weighted by molar-refractivity contribution is 6.35. The van der Waals surface area contributed by atoms with E-state index in [9.17, 15) is 5.11 Å². The summed E-state index contributed by atoms with van der Waals surface area (Å²) in [6, 6.07) is 0. The summed E-state index contributed by atoms with van der Waals surface area (Å²) in [4.78, 5) is 12.6. The topological polar surface area (TPSA) is 73.1 Å². The first kappa shape index (κ1) is 14.0. The van der Waals surface area contributed by atoms with E-state index in [2.05, 4.69) is 15.0 Å². The van der Waals surface area contributed by atoms with Crippen molar-refractivity contribution in [3.05, 3.63) is 16.3 Å². The van der Waals surface area contributed by atoms with E-state index in [1.54, 1.807) is 0 Å². The lowest BCUT2D eigenvalue weighted by Gasteiger charge is -2.25. The SMILES string of the molecule is OCCc1nc2c(Cl)nc(Cl)nc2n1C1CCCCO1. The molecule has 1 atom stereocenters. The minimum atomic E-state index is -0.141. The zero-order chi connectivity index (χ0) is 14.1. The van der Waals surface area contributed by atoms with Gasteiger partial charge >= 0.3 is 0 Å². The van der Waals surface area contributed by atoms with Crippen molar-refractivity contribution >= 4 is 34.4 Å². The molecule has 3 rings (SSSR count). The van der Waals surface area contributed by atoms with Gasteiger partial charge in [-0.25, -0.2) is 9.97 Å². The largest absolute Gasteiger partial charge is 0.396 e. The quantitative estimate of drug-likeness (QED) is 0.695. The Morgan fingerprint density at radius 3 is 2.80 bits per heavy atom. The lowest BCUT2D eigenvalue weighted by molar-refractivity contribution is -0.0315. The van der Waals surface area contributed by atoms with Crippen molar-refractivity contribution in [3.63, 3.8) is 0 Å². The van der Waals surface area contributed by atoms with Crippen molar-refractivity contribution in [1.29, 1.82) is 0 Å². The van der Waals surface area contributed by atoms with Crippen molar-refractivity contribution in [3.8, 4) is 0 Å². The van der Waals surface area contributed by atoms with Crippen LogP contribution in [0.2, 0.25) is 10.4 Å². The molecule has 1 aliphatic rings. The molecule has 0 bridgehead atoms. The number of halogens is 2. The Morgan fingerprint density at radius 1 is 1.25 bits per heavy atom. The van der Waals surface area contributed by atoms with Crippen LogP contribution in [0.3, 0.4) is 0 Å². The van der Waals surface area contributed by atoms with E-state index < -0.39 is 0 Å². The first-order valence-corrected chi connectivity index (χ1v) is 7.28. The number of aromatic nitrogens is 4. The van der Waals surface area contributed by atoms with Gasteiger partial charge in [-0.1, -0.05) is 11.6 Å². The second-order valence-corrected chi connectivity index (χ2v) is 5.34. The first-order chi connectivity index (χ1) is 9.70. The third kappa shape index (κ3) is 2.48. The molecular weight excluding hydrogens is 303 g/mol. The maximum atomic E-state index is 9.20. The first-order valence-electron chi connectivity index (χ1n) is 6.53. The summed E-state index contributed by atoms with van der Waals surface area (Å²) in [5.74, 6) is 0.688. The van der Waals surface area contributed by atoms with Gasteiger partial charge in [0.1, 0.15) is 17.6 Å². The molecule has 0 aromatic carbocycles. The minimum Gasteiger partial charge on any atom is -0.396 e. The van der Waals surface area contributed by atoms with E-state index in [-0.39, 0.29) is 23.3 Å². The number of rotatable bonds is 3. The number of fused-ring (bicyclic) bond motifs is 1. The van der Waals surface area contributed by atoms with Crippen molar-refractivity contribution in [2.75, 3.05) is 13.2 Å². The Kier molecular flexibility index (Phi) is 4.07. The van der Waals surface area contributed by atoms with Gasteiger partial charge in [0.25, 0.3) is 0 Å². The van der Waals surface area contributed by atoms with Crippen LogP contribution < -0.4 is 0 Å². The molecule has 0 radical (unpaired) electrons. The van der Waals surface area contributed by atoms with Gasteiger partial charge < -0.3 is 9.84 Å². The van der Waals surface area contributed by atoms with Crippen LogP contribution in [0.5, 0.6) is 0 Å². The second kappa shape index (κ2) is 5.81. The third-order valence-corrected chi connectivity index (χ3v) is 3.75. The second-order valence-electron chi connectivity index (χ2n) is 4.65. The lowest BCUT2D eigenvalue weighted by Crippen LogP contribution is -2.21. The van der Waals surface area contributed by atoms with Crippen LogP contribution in [0.4, 0.5) is 0 Å². The lowest BCUT2D eigenvalue weighted by atomic mass is 10.2. The molecule has 0 saturated carbocycles. The molecule has 0 spiro atoms. The summed E-state index contributed by atoms with van der Waals surface area (Å²) in [6.45, 7) is 0.699. The van der Waals surface area contributed by atoms with E-state index in [1.807, 2.05) is 4.57 Å². The molecular formula is C12H14Cl2N4O2. The monoisotopic (exact) mass is 316 g/mol. The Hall–Kier alpha value is -0.950. The predicted molar refractivity (Wildman–Crippen MR) is 75.0 cm³/mol. The zero-order valence-corrected chi connectivity index (χ0v) is 12.2. The molecule has 1 fully saturated rings. The summed E-state index contributed by atoms with van der Waals surface area (Å²) in [7, 11) is 0. The summed E-state index contributed by atoms with van der Waals surface area (Å²) in [5, 5.41) is 9.50.